The lowest BCUT2D eigenvalue weighted by atomic mass is 9.75. The van der Waals surface area contributed by atoms with Gasteiger partial charge >= 0.3 is 0 Å². The lowest BCUT2D eigenvalue weighted by Gasteiger charge is -2.29. The Balaban J connectivity index is 1.08. The zero-order chi connectivity index (χ0) is 43.5. The first-order chi connectivity index (χ1) is 32.6. The summed E-state index contributed by atoms with van der Waals surface area (Å²) in [5.41, 5.74) is 12.5. The molecule has 0 aliphatic heterocycles. The van der Waals surface area contributed by atoms with Crippen molar-refractivity contribution in [2.75, 3.05) is 0 Å². The predicted molar refractivity (Wildman–Crippen MR) is 274 cm³/mol. The van der Waals surface area contributed by atoms with E-state index in [1.54, 1.807) is 11.3 Å². The molecule has 0 bridgehead atoms. The first-order valence-electron chi connectivity index (χ1n) is 22.5. The molecule has 12 aromatic rings. The van der Waals surface area contributed by atoms with Crippen LogP contribution in [-0.2, 0) is 0 Å². The summed E-state index contributed by atoms with van der Waals surface area (Å²) in [6.45, 7) is 2.38. The number of hydrogen-bond acceptors (Lipinski definition) is 5. The molecule has 0 saturated carbocycles. The lowest BCUT2D eigenvalue weighted by Crippen LogP contribution is -2.17. The highest BCUT2D eigenvalue weighted by Crippen LogP contribution is 2.49. The molecule has 0 amide bonds. The SMILES string of the molecule is CC1c2c(n(-c3cc4oc5ccccc5c4cc3-c3nc(-c4cccc(-c5ccccc5)c4)nc(-c4ccc5c(c4)sc4ccccc45)n3)c3cc4ccccc4cc23)C=C2C=CC=CC21. The van der Waals surface area contributed by atoms with Gasteiger partial charge in [0, 0.05) is 65.0 Å². The summed E-state index contributed by atoms with van der Waals surface area (Å²) in [4.78, 5) is 16.3. The van der Waals surface area contributed by atoms with Crippen molar-refractivity contribution in [2.45, 2.75) is 12.8 Å². The molecule has 0 saturated heterocycles. The molecule has 2 unspecified atom stereocenters. The van der Waals surface area contributed by atoms with E-state index in [0.29, 0.717) is 17.5 Å². The van der Waals surface area contributed by atoms with Gasteiger partial charge in [0.2, 0.25) is 0 Å². The summed E-state index contributed by atoms with van der Waals surface area (Å²) in [5, 5.41) is 8.20. The highest BCUT2D eigenvalue weighted by molar-refractivity contribution is 7.25. The predicted octanol–water partition coefficient (Wildman–Crippen LogP) is 16.1. The van der Waals surface area contributed by atoms with E-state index in [1.165, 1.54) is 47.5 Å². The third-order valence-electron chi connectivity index (χ3n) is 13.8. The zero-order valence-electron chi connectivity index (χ0n) is 35.8. The zero-order valence-corrected chi connectivity index (χ0v) is 36.6. The fourth-order valence-electron chi connectivity index (χ4n) is 10.6. The number of rotatable bonds is 5. The van der Waals surface area contributed by atoms with Crippen LogP contribution in [0, 0.1) is 5.92 Å². The maximum atomic E-state index is 6.72. The highest BCUT2D eigenvalue weighted by Gasteiger charge is 2.33. The van der Waals surface area contributed by atoms with Crippen LogP contribution in [0.1, 0.15) is 24.1 Å². The number of allylic oxidation sites excluding steroid dienone is 5. The molecule has 0 fully saturated rings. The van der Waals surface area contributed by atoms with Crippen molar-refractivity contribution in [2.24, 2.45) is 5.92 Å². The number of hydrogen-bond donors (Lipinski definition) is 0. The van der Waals surface area contributed by atoms with E-state index in [2.05, 4.69) is 200 Å². The minimum absolute atomic E-state index is 0.237. The van der Waals surface area contributed by atoms with Gasteiger partial charge in [-0.1, -0.05) is 153 Å². The van der Waals surface area contributed by atoms with Crippen molar-refractivity contribution in [1.82, 2.24) is 19.5 Å². The Kier molecular flexibility index (Phi) is 8.12. The monoisotopic (exact) mass is 862 g/mol. The van der Waals surface area contributed by atoms with E-state index in [9.17, 15) is 0 Å². The van der Waals surface area contributed by atoms with Gasteiger partial charge in [-0.05, 0) is 87.5 Å². The Morgan fingerprint density at radius 1 is 0.515 bits per heavy atom. The van der Waals surface area contributed by atoms with Crippen LogP contribution in [0.2, 0.25) is 0 Å². The molecule has 6 heteroatoms. The smallest absolute Gasteiger partial charge is 0.166 e. The van der Waals surface area contributed by atoms with Crippen LogP contribution in [-0.4, -0.2) is 19.5 Å². The summed E-state index contributed by atoms with van der Waals surface area (Å²) in [6.07, 6.45) is 11.4. The Morgan fingerprint density at radius 3 is 2.11 bits per heavy atom. The van der Waals surface area contributed by atoms with Crippen LogP contribution in [0.4, 0.5) is 0 Å². The summed E-state index contributed by atoms with van der Waals surface area (Å²) >= 11 is 1.80. The number of fused-ring (bicyclic) bond motifs is 11. The van der Waals surface area contributed by atoms with E-state index < -0.39 is 0 Å². The van der Waals surface area contributed by atoms with E-state index in [1.807, 2.05) is 12.1 Å². The normalized spacial score (nSPS) is 15.6. The molecule has 2 aliphatic rings. The van der Waals surface area contributed by atoms with E-state index in [0.717, 1.165) is 66.7 Å². The van der Waals surface area contributed by atoms with Gasteiger partial charge < -0.3 is 8.98 Å². The molecule has 2 aliphatic carbocycles. The standard InChI is InChI=1S/C60H38N4OS/c1-35-43-21-8-7-18-40(43)31-52-57(35)48-29-38-16-5-6-17-39(38)30-50(48)64(52)51-34-54-47(44-22-9-11-24-53(44)65-54)33-49(51)60-62-58(41-20-13-19-37(28-41)36-14-3-2-4-15-36)61-59(63-60)42-26-27-46-45-23-10-12-25-55(45)66-56(46)32-42/h2-35,43H,1H3. The average molecular weight is 863 g/mol. The van der Waals surface area contributed by atoms with Gasteiger partial charge in [0.1, 0.15) is 11.2 Å². The van der Waals surface area contributed by atoms with Crippen LogP contribution in [0.5, 0.6) is 0 Å². The summed E-state index contributed by atoms with van der Waals surface area (Å²) in [6, 6.07) is 60.5. The van der Waals surface area contributed by atoms with Crippen molar-refractivity contribution in [3.05, 3.63) is 211 Å². The largest absolute Gasteiger partial charge is 0.456 e. The molecule has 310 valence electrons. The summed E-state index contributed by atoms with van der Waals surface area (Å²) < 4.78 is 11.6. The minimum atomic E-state index is 0.237. The summed E-state index contributed by atoms with van der Waals surface area (Å²) in [7, 11) is 0. The second-order valence-electron chi connectivity index (χ2n) is 17.6. The van der Waals surface area contributed by atoms with Crippen molar-refractivity contribution in [1.29, 1.82) is 0 Å². The molecule has 0 radical (unpaired) electrons. The molecule has 0 spiro atoms. The van der Waals surface area contributed by atoms with Crippen molar-refractivity contribution in [3.63, 3.8) is 0 Å². The van der Waals surface area contributed by atoms with Gasteiger partial charge in [0.25, 0.3) is 0 Å². The van der Waals surface area contributed by atoms with Crippen LogP contribution in [0.15, 0.2) is 204 Å². The number of nitrogens with zero attached hydrogens (tertiary/aromatic N) is 4. The van der Waals surface area contributed by atoms with Crippen LogP contribution in [0.25, 0.3) is 121 Å². The average Bonchev–Trinajstić information content (AvgIpc) is 4.04. The molecule has 5 nitrogen and oxygen atoms in total. The summed E-state index contributed by atoms with van der Waals surface area (Å²) in [5.74, 6) is 2.33. The Hall–Kier alpha value is -8.19. The first-order valence-corrected chi connectivity index (χ1v) is 23.3. The molecule has 2 atom stereocenters. The topological polar surface area (TPSA) is 56.7 Å². The number of aromatic nitrogens is 4. The van der Waals surface area contributed by atoms with Crippen LogP contribution in [0.3, 0.4) is 0 Å². The molecular formula is C60H38N4OS. The van der Waals surface area contributed by atoms with E-state index in [-0.39, 0.29) is 11.8 Å². The van der Waals surface area contributed by atoms with Crippen molar-refractivity contribution in [3.8, 4) is 51.0 Å². The Bertz CT molecular complexity index is 4090. The number of thiophene rings is 1. The minimum Gasteiger partial charge on any atom is -0.456 e. The third-order valence-corrected chi connectivity index (χ3v) is 14.9. The third kappa shape index (κ3) is 5.75. The number of para-hydroxylation sites is 1. The molecule has 0 N–H and O–H groups in total. The quantitative estimate of drug-likeness (QED) is 0.173. The fraction of sp³-hybridized carbons (Fsp3) is 0.0500. The molecular weight excluding hydrogens is 825 g/mol. The van der Waals surface area contributed by atoms with Gasteiger partial charge in [-0.2, -0.15) is 0 Å². The maximum Gasteiger partial charge on any atom is 0.166 e. The van der Waals surface area contributed by atoms with Gasteiger partial charge in [-0.3, -0.25) is 0 Å². The molecule has 4 aromatic heterocycles. The maximum absolute atomic E-state index is 6.72. The Morgan fingerprint density at radius 2 is 1.23 bits per heavy atom. The van der Waals surface area contributed by atoms with E-state index >= 15 is 0 Å². The van der Waals surface area contributed by atoms with Crippen LogP contribution >= 0.6 is 11.3 Å². The Labute approximate surface area is 384 Å². The van der Waals surface area contributed by atoms with Gasteiger partial charge in [0.05, 0.1) is 16.9 Å². The molecule has 66 heavy (non-hydrogen) atoms. The second kappa shape index (κ2) is 14.4. The fourth-order valence-corrected chi connectivity index (χ4v) is 11.8. The molecule has 4 heterocycles. The lowest BCUT2D eigenvalue weighted by molar-refractivity contribution is 0.619. The van der Waals surface area contributed by atoms with Crippen LogP contribution < -0.4 is 0 Å². The van der Waals surface area contributed by atoms with Gasteiger partial charge in [-0.15, -0.1) is 11.3 Å². The van der Waals surface area contributed by atoms with Gasteiger partial charge in [0.15, 0.2) is 17.5 Å². The van der Waals surface area contributed by atoms with Crippen molar-refractivity contribution < 1.29 is 4.42 Å². The van der Waals surface area contributed by atoms with Crippen molar-refractivity contribution >= 4 is 81.2 Å². The van der Waals surface area contributed by atoms with E-state index in [4.69, 9.17) is 19.4 Å². The van der Waals surface area contributed by atoms with Gasteiger partial charge in [-0.25, -0.2) is 15.0 Å². The second-order valence-corrected chi connectivity index (χ2v) is 18.7. The highest BCUT2D eigenvalue weighted by atomic mass is 32.1. The number of furan rings is 1. The molecule has 8 aromatic carbocycles. The molecule has 14 rings (SSSR count). The first kappa shape index (κ1) is 37.2. The number of benzene rings is 8.